The van der Waals surface area contributed by atoms with Gasteiger partial charge in [-0.3, -0.25) is 9.59 Å². The van der Waals surface area contributed by atoms with Crippen molar-refractivity contribution in [3.8, 4) is 0 Å². The highest BCUT2D eigenvalue weighted by Gasteiger charge is 2.29. The van der Waals surface area contributed by atoms with E-state index >= 15 is 0 Å². The maximum absolute atomic E-state index is 13.2. The van der Waals surface area contributed by atoms with Gasteiger partial charge >= 0.3 is 0 Å². The van der Waals surface area contributed by atoms with Crippen molar-refractivity contribution in [2.75, 3.05) is 30.4 Å². The number of ketones is 1. The molecule has 1 amide bonds. The summed E-state index contributed by atoms with van der Waals surface area (Å²) in [5, 5.41) is 12.1. The van der Waals surface area contributed by atoms with Crippen molar-refractivity contribution in [1.29, 1.82) is 0 Å². The first-order valence-electron chi connectivity index (χ1n) is 11.5. The predicted octanol–water partition coefficient (Wildman–Crippen LogP) is 4.92. The monoisotopic (exact) mass is 467 g/mol. The Morgan fingerprint density at radius 2 is 1.71 bits per heavy atom. The first-order chi connectivity index (χ1) is 16.8. The zero-order chi connectivity index (χ0) is 25.1. The molecule has 1 aliphatic carbocycles. The molecule has 3 aromatic carbocycles. The number of nitrogens with one attached hydrogen (secondary N) is 1. The molecule has 178 valence electrons. The van der Waals surface area contributed by atoms with Gasteiger partial charge in [-0.15, -0.1) is 0 Å². The van der Waals surface area contributed by atoms with Crippen LogP contribution in [0.3, 0.4) is 0 Å². The Kier molecular flexibility index (Phi) is 6.94. The molecule has 2 N–H and O–H groups in total. The van der Waals surface area contributed by atoms with Crippen LogP contribution in [0.2, 0.25) is 0 Å². The number of amides is 1. The lowest BCUT2D eigenvalue weighted by atomic mass is 9.88. The van der Waals surface area contributed by atoms with Crippen molar-refractivity contribution in [2.45, 2.75) is 20.8 Å². The Labute approximate surface area is 205 Å². The fourth-order valence-corrected chi connectivity index (χ4v) is 4.06. The lowest BCUT2D eigenvalue weighted by molar-refractivity contribution is -0.112. The Morgan fingerprint density at radius 1 is 0.971 bits per heavy atom. The molecule has 0 spiro atoms. The third kappa shape index (κ3) is 5.08. The van der Waals surface area contributed by atoms with Gasteiger partial charge in [0.2, 0.25) is 0 Å². The molecule has 35 heavy (non-hydrogen) atoms. The minimum absolute atomic E-state index is 0.0558. The number of Topliss-reactive ketones (excluding diaryl/α,β-unsaturated/α-hetero) is 1. The normalized spacial score (nSPS) is 13.9. The van der Waals surface area contributed by atoms with Gasteiger partial charge in [0.05, 0.1) is 23.6 Å². The van der Waals surface area contributed by atoms with Gasteiger partial charge < -0.3 is 15.3 Å². The lowest BCUT2D eigenvalue weighted by Gasteiger charge is -2.20. The van der Waals surface area contributed by atoms with Crippen LogP contribution in [0.1, 0.15) is 32.6 Å². The standard InChI is InChI=1S/C29H29N3O3/c1-18-9-10-19(2)26(15-18)31-29(35)24-17-27(22-7-5-6-8-23(22)28(24)34)30-25-12-11-21(16-20(25)3)32(4)13-14-33/h5-12,15-17,33H,13-14H2,1-4H3,(H,31,35). The Hall–Kier alpha value is -4.03. The number of aliphatic imine (C=N–C) groups is 1. The van der Waals surface area contributed by atoms with Crippen molar-refractivity contribution in [3.05, 3.63) is 100 Å². The highest BCUT2D eigenvalue weighted by molar-refractivity contribution is 6.37. The molecule has 0 fully saturated rings. The van der Waals surface area contributed by atoms with E-state index in [0.717, 1.165) is 28.1 Å². The third-order valence-corrected chi connectivity index (χ3v) is 6.16. The largest absolute Gasteiger partial charge is 0.395 e. The molecule has 0 aromatic heterocycles. The molecular weight excluding hydrogens is 438 g/mol. The summed E-state index contributed by atoms with van der Waals surface area (Å²) in [6.45, 7) is 6.44. The van der Waals surface area contributed by atoms with Gasteiger partial charge in [-0.05, 0) is 67.8 Å². The number of hydrogen-bond donors (Lipinski definition) is 2. The third-order valence-electron chi connectivity index (χ3n) is 6.16. The van der Waals surface area contributed by atoms with Gasteiger partial charge in [-0.1, -0.05) is 36.4 Å². The van der Waals surface area contributed by atoms with E-state index in [1.807, 2.05) is 81.2 Å². The van der Waals surface area contributed by atoms with E-state index in [9.17, 15) is 14.7 Å². The summed E-state index contributed by atoms with van der Waals surface area (Å²) in [4.78, 5) is 33.3. The molecule has 0 heterocycles. The van der Waals surface area contributed by atoms with Crippen molar-refractivity contribution in [2.24, 2.45) is 4.99 Å². The van der Waals surface area contributed by atoms with Crippen LogP contribution >= 0.6 is 0 Å². The van der Waals surface area contributed by atoms with Crippen LogP contribution in [0.4, 0.5) is 17.1 Å². The number of rotatable bonds is 6. The highest BCUT2D eigenvalue weighted by atomic mass is 16.3. The van der Waals surface area contributed by atoms with E-state index < -0.39 is 5.91 Å². The molecule has 0 atom stereocenters. The van der Waals surface area contributed by atoms with Gasteiger partial charge in [0.25, 0.3) is 5.91 Å². The Bertz CT molecular complexity index is 1370. The maximum atomic E-state index is 13.2. The van der Waals surface area contributed by atoms with Crippen LogP contribution in [0, 0.1) is 20.8 Å². The number of fused-ring (bicyclic) bond motifs is 1. The second kappa shape index (κ2) is 10.1. The van der Waals surface area contributed by atoms with Crippen molar-refractivity contribution >= 4 is 34.5 Å². The quantitative estimate of drug-likeness (QED) is 0.504. The number of aryl methyl sites for hydroxylation is 3. The van der Waals surface area contributed by atoms with Gasteiger partial charge in [0.15, 0.2) is 5.78 Å². The molecule has 6 heteroatoms. The number of nitrogens with zero attached hydrogens (tertiary/aromatic N) is 2. The summed E-state index contributed by atoms with van der Waals surface area (Å²) in [7, 11) is 1.92. The summed E-state index contributed by atoms with van der Waals surface area (Å²) < 4.78 is 0. The molecule has 0 saturated heterocycles. The number of aliphatic hydroxyl groups is 1. The smallest absolute Gasteiger partial charge is 0.259 e. The number of anilines is 2. The first kappa shape index (κ1) is 24.1. The van der Waals surface area contributed by atoms with Gasteiger partial charge in [-0.2, -0.15) is 0 Å². The minimum Gasteiger partial charge on any atom is -0.395 e. The van der Waals surface area contributed by atoms with E-state index in [2.05, 4.69) is 5.32 Å². The van der Waals surface area contributed by atoms with E-state index in [1.165, 1.54) is 0 Å². The number of aliphatic hydroxyl groups excluding tert-OH is 1. The van der Waals surface area contributed by atoms with E-state index in [-0.39, 0.29) is 18.0 Å². The summed E-state index contributed by atoms with van der Waals surface area (Å²) in [6.07, 6.45) is 1.58. The maximum Gasteiger partial charge on any atom is 0.259 e. The van der Waals surface area contributed by atoms with Crippen LogP contribution < -0.4 is 10.2 Å². The number of benzene rings is 3. The van der Waals surface area contributed by atoms with Crippen molar-refractivity contribution in [1.82, 2.24) is 0 Å². The Morgan fingerprint density at radius 3 is 2.43 bits per heavy atom. The van der Waals surface area contributed by atoms with Crippen LogP contribution in [0.5, 0.6) is 0 Å². The summed E-state index contributed by atoms with van der Waals surface area (Å²) in [6, 6.07) is 18.9. The molecule has 1 aliphatic rings. The zero-order valence-corrected chi connectivity index (χ0v) is 20.4. The highest BCUT2D eigenvalue weighted by Crippen LogP contribution is 2.29. The Balaban J connectivity index is 1.74. The van der Waals surface area contributed by atoms with Gasteiger partial charge in [-0.25, -0.2) is 4.99 Å². The average molecular weight is 468 g/mol. The van der Waals surface area contributed by atoms with Crippen LogP contribution in [-0.2, 0) is 4.79 Å². The number of carbonyl (C=O) groups is 2. The number of carbonyl (C=O) groups excluding carboxylic acids is 2. The topological polar surface area (TPSA) is 82.0 Å². The van der Waals surface area contributed by atoms with Gasteiger partial charge in [0.1, 0.15) is 0 Å². The van der Waals surface area contributed by atoms with Crippen molar-refractivity contribution in [3.63, 3.8) is 0 Å². The van der Waals surface area contributed by atoms with Crippen LogP contribution in [0.25, 0.3) is 0 Å². The van der Waals surface area contributed by atoms with E-state index in [0.29, 0.717) is 29.1 Å². The van der Waals surface area contributed by atoms with E-state index in [4.69, 9.17) is 4.99 Å². The molecule has 0 radical (unpaired) electrons. The van der Waals surface area contributed by atoms with Crippen molar-refractivity contribution < 1.29 is 14.7 Å². The van der Waals surface area contributed by atoms with E-state index in [1.54, 1.807) is 18.2 Å². The SMILES string of the molecule is Cc1ccc(C)c(NC(=O)C2=CC(=Nc3ccc(N(C)CCO)cc3C)c3ccccc3C2=O)c1. The second-order valence-corrected chi connectivity index (χ2v) is 8.82. The molecular formula is C29H29N3O3. The molecule has 0 bridgehead atoms. The average Bonchev–Trinajstić information content (AvgIpc) is 2.84. The van der Waals surface area contributed by atoms with Crippen LogP contribution in [0.15, 0.2) is 77.3 Å². The van der Waals surface area contributed by atoms with Gasteiger partial charge in [0, 0.05) is 36.1 Å². The summed E-state index contributed by atoms with van der Waals surface area (Å²) >= 11 is 0. The molecule has 4 rings (SSSR count). The first-order valence-corrected chi connectivity index (χ1v) is 11.5. The second-order valence-electron chi connectivity index (χ2n) is 8.82. The molecule has 6 nitrogen and oxygen atoms in total. The number of likely N-dealkylation sites (N-methyl/N-ethyl adjacent to an activating group) is 1. The predicted molar refractivity (Wildman–Crippen MR) is 141 cm³/mol. The molecule has 0 saturated carbocycles. The summed E-state index contributed by atoms with van der Waals surface area (Å²) in [5.74, 6) is -0.774. The molecule has 0 unspecified atom stereocenters. The summed E-state index contributed by atoms with van der Waals surface area (Å²) in [5.41, 5.74) is 7.06. The fraction of sp³-hybridized carbons (Fsp3) is 0.207. The lowest BCUT2D eigenvalue weighted by Crippen LogP contribution is -2.26. The fourth-order valence-electron chi connectivity index (χ4n) is 4.06. The number of hydrogen-bond acceptors (Lipinski definition) is 5. The van der Waals surface area contributed by atoms with Crippen LogP contribution in [-0.4, -0.2) is 42.7 Å². The molecule has 0 aliphatic heterocycles. The minimum atomic E-state index is -0.455. The number of allylic oxidation sites excluding steroid dienone is 1. The zero-order valence-electron chi connectivity index (χ0n) is 20.4. The molecule has 3 aromatic rings.